The number of hydrogen-bond acceptors (Lipinski definition) is 3. The zero-order valence-corrected chi connectivity index (χ0v) is 19.5. The minimum atomic E-state index is -4.32. The predicted molar refractivity (Wildman–Crippen MR) is 118 cm³/mol. The number of carbonyl (C=O) groups is 1. The van der Waals surface area contributed by atoms with Gasteiger partial charge in [-0.2, -0.15) is 13.2 Å². The van der Waals surface area contributed by atoms with Gasteiger partial charge in [0.1, 0.15) is 6.61 Å². The Bertz CT molecular complexity index is 635. The summed E-state index contributed by atoms with van der Waals surface area (Å²) in [5.74, 6) is 0.872. The first-order valence-corrected chi connectivity index (χ1v) is 9.01. The molecule has 10 heteroatoms. The van der Waals surface area contributed by atoms with Crippen molar-refractivity contribution in [3.05, 3.63) is 35.4 Å². The minimum absolute atomic E-state index is 0. The molecule has 0 saturated carbocycles. The quantitative estimate of drug-likeness (QED) is 0.293. The van der Waals surface area contributed by atoms with E-state index in [0.29, 0.717) is 30.5 Å². The standard InChI is InChI=1S/C19H29F3N4O2.HI/c1-14(2)9-23-18(25-11-17(27)26(3)4)24-10-15-5-7-16(8-6-15)12-28-13-19(20,21)22;/h5-8,14H,9-13H2,1-4H3,(H2,23,24,25);1H. The Morgan fingerprint density at radius 2 is 1.72 bits per heavy atom. The highest BCUT2D eigenvalue weighted by atomic mass is 127. The molecule has 0 fully saturated rings. The van der Waals surface area contributed by atoms with E-state index in [4.69, 9.17) is 0 Å². The first-order valence-electron chi connectivity index (χ1n) is 9.01. The number of alkyl halides is 3. The van der Waals surface area contributed by atoms with E-state index in [1.165, 1.54) is 4.90 Å². The molecule has 2 N–H and O–H groups in total. The summed E-state index contributed by atoms with van der Waals surface area (Å²) >= 11 is 0. The maximum Gasteiger partial charge on any atom is 0.411 e. The highest BCUT2D eigenvalue weighted by Gasteiger charge is 2.27. The smallest absolute Gasteiger partial charge is 0.367 e. The maximum atomic E-state index is 12.1. The van der Waals surface area contributed by atoms with Crippen LogP contribution in [-0.4, -0.2) is 56.7 Å². The molecule has 0 aliphatic rings. The predicted octanol–water partition coefficient (Wildman–Crippen LogP) is 3.16. The van der Waals surface area contributed by atoms with Gasteiger partial charge in [0, 0.05) is 20.6 Å². The van der Waals surface area contributed by atoms with E-state index in [-0.39, 0.29) is 43.0 Å². The molecule has 1 rings (SSSR count). The fourth-order valence-electron chi connectivity index (χ4n) is 1.99. The molecule has 1 aromatic rings. The summed E-state index contributed by atoms with van der Waals surface area (Å²) < 4.78 is 40.9. The second-order valence-corrected chi connectivity index (χ2v) is 7.01. The van der Waals surface area contributed by atoms with Crippen LogP contribution in [0.25, 0.3) is 0 Å². The molecule has 6 nitrogen and oxygen atoms in total. The molecule has 166 valence electrons. The van der Waals surface area contributed by atoms with Gasteiger partial charge in [-0.1, -0.05) is 38.1 Å². The molecule has 0 radical (unpaired) electrons. The third-order valence-corrected chi connectivity index (χ3v) is 3.56. The summed E-state index contributed by atoms with van der Waals surface area (Å²) in [5.41, 5.74) is 1.55. The fraction of sp³-hybridized carbons (Fsp3) is 0.579. The van der Waals surface area contributed by atoms with Crippen LogP contribution in [0.2, 0.25) is 0 Å². The van der Waals surface area contributed by atoms with E-state index < -0.39 is 12.8 Å². The lowest BCUT2D eigenvalue weighted by molar-refractivity contribution is -0.176. The highest BCUT2D eigenvalue weighted by Crippen LogP contribution is 2.16. The SMILES string of the molecule is CC(C)CNC(=NCc1ccc(COCC(F)(F)F)cc1)NCC(=O)N(C)C.I. The Balaban J connectivity index is 0.00000784. The molecule has 0 aromatic heterocycles. The number of aliphatic imine (C=N–C) groups is 1. The topological polar surface area (TPSA) is 66.0 Å². The van der Waals surface area contributed by atoms with Gasteiger partial charge in [0.15, 0.2) is 5.96 Å². The van der Waals surface area contributed by atoms with Gasteiger partial charge in [0.2, 0.25) is 5.91 Å². The highest BCUT2D eigenvalue weighted by molar-refractivity contribution is 14.0. The minimum Gasteiger partial charge on any atom is -0.367 e. The maximum absolute atomic E-state index is 12.1. The van der Waals surface area contributed by atoms with Crippen LogP contribution in [0.4, 0.5) is 13.2 Å². The molecule has 29 heavy (non-hydrogen) atoms. The van der Waals surface area contributed by atoms with Crippen LogP contribution in [-0.2, 0) is 22.7 Å². The normalized spacial score (nSPS) is 11.8. The Kier molecular flexibility index (Phi) is 12.9. The summed E-state index contributed by atoms with van der Waals surface area (Å²) in [7, 11) is 3.37. The zero-order valence-electron chi connectivity index (χ0n) is 17.2. The van der Waals surface area contributed by atoms with Crippen molar-refractivity contribution in [2.45, 2.75) is 33.2 Å². The van der Waals surface area contributed by atoms with Crippen molar-refractivity contribution in [3.63, 3.8) is 0 Å². The number of benzene rings is 1. The summed E-state index contributed by atoms with van der Waals surface area (Å²) in [6.07, 6.45) is -4.32. The molecular formula is C19H30F3IN4O2. The number of likely N-dealkylation sites (N-methyl/N-ethyl adjacent to an activating group) is 1. The molecule has 0 heterocycles. The van der Waals surface area contributed by atoms with E-state index in [2.05, 4.69) is 34.2 Å². The lowest BCUT2D eigenvalue weighted by Gasteiger charge is -2.16. The van der Waals surface area contributed by atoms with Gasteiger partial charge in [0.25, 0.3) is 0 Å². The van der Waals surface area contributed by atoms with Crippen LogP contribution in [0.3, 0.4) is 0 Å². The van der Waals surface area contributed by atoms with Gasteiger partial charge in [-0.3, -0.25) is 4.79 Å². The summed E-state index contributed by atoms with van der Waals surface area (Å²) in [6, 6.07) is 7.01. The molecule has 0 spiro atoms. The van der Waals surface area contributed by atoms with Crippen molar-refractivity contribution in [2.24, 2.45) is 10.9 Å². The zero-order chi connectivity index (χ0) is 21.2. The number of carbonyl (C=O) groups excluding carboxylic acids is 1. The third-order valence-electron chi connectivity index (χ3n) is 3.56. The molecule has 1 aromatic carbocycles. The number of guanidine groups is 1. The van der Waals surface area contributed by atoms with Gasteiger partial charge in [0.05, 0.1) is 19.7 Å². The lowest BCUT2D eigenvalue weighted by atomic mass is 10.1. The number of ether oxygens (including phenoxy) is 1. The van der Waals surface area contributed by atoms with Crippen molar-refractivity contribution in [1.29, 1.82) is 0 Å². The van der Waals surface area contributed by atoms with Gasteiger partial charge < -0.3 is 20.3 Å². The van der Waals surface area contributed by atoms with Gasteiger partial charge >= 0.3 is 6.18 Å². The Hall–Kier alpha value is -1.56. The Labute approximate surface area is 187 Å². The van der Waals surface area contributed by atoms with Crippen molar-refractivity contribution < 1.29 is 22.7 Å². The number of nitrogens with one attached hydrogen (secondary N) is 2. The second kappa shape index (κ2) is 13.6. The molecule has 0 unspecified atom stereocenters. The van der Waals surface area contributed by atoms with Crippen molar-refractivity contribution in [2.75, 3.05) is 33.8 Å². The van der Waals surface area contributed by atoms with Crippen LogP contribution in [0, 0.1) is 5.92 Å². The van der Waals surface area contributed by atoms with E-state index in [9.17, 15) is 18.0 Å². The van der Waals surface area contributed by atoms with Gasteiger partial charge in [-0.05, 0) is 17.0 Å². The van der Waals surface area contributed by atoms with Crippen LogP contribution >= 0.6 is 24.0 Å². The van der Waals surface area contributed by atoms with E-state index in [0.717, 1.165) is 5.56 Å². The average Bonchev–Trinajstić information content (AvgIpc) is 2.60. The molecule has 1 amide bonds. The van der Waals surface area contributed by atoms with Crippen molar-refractivity contribution in [3.8, 4) is 0 Å². The largest absolute Gasteiger partial charge is 0.411 e. The number of halogens is 4. The lowest BCUT2D eigenvalue weighted by Crippen LogP contribution is -2.44. The molecular weight excluding hydrogens is 500 g/mol. The van der Waals surface area contributed by atoms with Crippen LogP contribution in [0.5, 0.6) is 0 Å². The van der Waals surface area contributed by atoms with Crippen molar-refractivity contribution >= 4 is 35.8 Å². The van der Waals surface area contributed by atoms with E-state index in [1.54, 1.807) is 38.4 Å². The number of rotatable bonds is 9. The van der Waals surface area contributed by atoms with Crippen LogP contribution in [0.1, 0.15) is 25.0 Å². The number of amides is 1. The Morgan fingerprint density at radius 1 is 1.14 bits per heavy atom. The molecule has 0 atom stereocenters. The molecule has 0 aliphatic carbocycles. The second-order valence-electron chi connectivity index (χ2n) is 7.01. The van der Waals surface area contributed by atoms with Gasteiger partial charge in [-0.15, -0.1) is 24.0 Å². The molecule has 0 bridgehead atoms. The van der Waals surface area contributed by atoms with Crippen LogP contribution < -0.4 is 10.6 Å². The van der Waals surface area contributed by atoms with Crippen LogP contribution in [0.15, 0.2) is 29.3 Å². The molecule has 0 saturated heterocycles. The van der Waals surface area contributed by atoms with Gasteiger partial charge in [-0.25, -0.2) is 4.99 Å². The third kappa shape index (κ3) is 13.3. The number of hydrogen-bond donors (Lipinski definition) is 2. The first-order chi connectivity index (χ1) is 13.1. The molecule has 0 aliphatic heterocycles. The van der Waals surface area contributed by atoms with E-state index >= 15 is 0 Å². The Morgan fingerprint density at radius 3 is 2.24 bits per heavy atom. The summed E-state index contributed by atoms with van der Waals surface area (Å²) in [5, 5.41) is 6.18. The monoisotopic (exact) mass is 530 g/mol. The summed E-state index contributed by atoms with van der Waals surface area (Å²) in [6.45, 7) is 3.97. The average molecular weight is 530 g/mol. The summed E-state index contributed by atoms with van der Waals surface area (Å²) in [4.78, 5) is 17.7. The first kappa shape index (κ1) is 27.4. The fourth-order valence-corrected chi connectivity index (χ4v) is 1.99. The van der Waals surface area contributed by atoms with Crippen molar-refractivity contribution in [1.82, 2.24) is 15.5 Å². The number of nitrogens with zero attached hydrogens (tertiary/aromatic N) is 2. The van der Waals surface area contributed by atoms with E-state index in [1.807, 2.05) is 0 Å².